The number of rotatable bonds is 10. The van der Waals surface area contributed by atoms with Gasteiger partial charge in [-0.1, -0.05) is 49.4 Å². The summed E-state index contributed by atoms with van der Waals surface area (Å²) in [4.78, 5) is 23.6. The number of carbonyl (C=O) groups excluding carboxylic acids is 1. The molecule has 0 atom stereocenters. The lowest BCUT2D eigenvalue weighted by molar-refractivity contribution is -0.118. The highest BCUT2D eigenvalue weighted by Crippen LogP contribution is 2.32. The summed E-state index contributed by atoms with van der Waals surface area (Å²) in [6.07, 6.45) is 0.506. The minimum absolute atomic E-state index is 0.152. The van der Waals surface area contributed by atoms with Crippen LogP contribution in [-0.2, 0) is 4.79 Å². The largest absolute Gasteiger partial charge is 0.302 e. The molecule has 2 aromatic carbocycles. The van der Waals surface area contributed by atoms with Crippen molar-refractivity contribution in [3.05, 3.63) is 53.6 Å². The van der Waals surface area contributed by atoms with Crippen LogP contribution in [0.1, 0.15) is 31.4 Å². The number of nitrogens with zero attached hydrogens (tertiary/aromatic N) is 3. The molecule has 1 amide bonds. The Kier molecular flexibility index (Phi) is 8.31. The molecule has 3 rings (SSSR count). The van der Waals surface area contributed by atoms with Gasteiger partial charge in [0.15, 0.2) is 5.13 Å². The van der Waals surface area contributed by atoms with E-state index in [9.17, 15) is 4.79 Å². The van der Waals surface area contributed by atoms with Gasteiger partial charge in [-0.2, -0.15) is 0 Å². The normalized spacial score (nSPS) is 11.4. The Balaban J connectivity index is 1.77. The highest BCUT2D eigenvalue weighted by Gasteiger charge is 2.21. The molecule has 1 aromatic heterocycles. The molecular formula is C24H31N3OS2. The van der Waals surface area contributed by atoms with E-state index in [-0.39, 0.29) is 5.91 Å². The number of anilines is 1. The maximum atomic E-state index is 13.2. The fourth-order valence-corrected chi connectivity index (χ4v) is 5.28. The number of likely N-dealkylation sites (N-methyl/N-ethyl adjacent to an activating group) is 1. The van der Waals surface area contributed by atoms with E-state index in [0.717, 1.165) is 40.7 Å². The van der Waals surface area contributed by atoms with Crippen LogP contribution in [0, 0.1) is 13.8 Å². The fraction of sp³-hybridized carbons (Fsp3) is 0.417. The highest BCUT2D eigenvalue weighted by atomic mass is 32.2. The van der Waals surface area contributed by atoms with Crippen LogP contribution >= 0.6 is 23.1 Å². The zero-order valence-electron chi connectivity index (χ0n) is 18.4. The van der Waals surface area contributed by atoms with E-state index < -0.39 is 0 Å². The van der Waals surface area contributed by atoms with Gasteiger partial charge in [0.25, 0.3) is 0 Å². The van der Waals surface area contributed by atoms with Gasteiger partial charge < -0.3 is 4.90 Å². The predicted molar refractivity (Wildman–Crippen MR) is 131 cm³/mol. The minimum Gasteiger partial charge on any atom is -0.302 e. The molecule has 0 radical (unpaired) electrons. The lowest BCUT2D eigenvalue weighted by Crippen LogP contribution is -2.39. The summed E-state index contributed by atoms with van der Waals surface area (Å²) in [5.74, 6) is 0.923. The maximum absolute atomic E-state index is 13.2. The van der Waals surface area contributed by atoms with Crippen LogP contribution in [0.4, 0.5) is 5.13 Å². The van der Waals surface area contributed by atoms with Gasteiger partial charge >= 0.3 is 0 Å². The van der Waals surface area contributed by atoms with Gasteiger partial charge in [0, 0.05) is 30.2 Å². The van der Waals surface area contributed by atoms with Crippen LogP contribution in [0.3, 0.4) is 0 Å². The first-order valence-electron chi connectivity index (χ1n) is 10.6. The molecule has 30 heavy (non-hydrogen) atoms. The summed E-state index contributed by atoms with van der Waals surface area (Å²) in [5, 5.41) is 0.820. The lowest BCUT2D eigenvalue weighted by atomic mass is 10.1. The second kappa shape index (κ2) is 10.9. The molecule has 0 fully saturated rings. The van der Waals surface area contributed by atoms with Crippen molar-refractivity contribution in [2.45, 2.75) is 39.0 Å². The van der Waals surface area contributed by atoms with Gasteiger partial charge in [0.1, 0.15) is 0 Å². The highest BCUT2D eigenvalue weighted by molar-refractivity contribution is 7.99. The van der Waals surface area contributed by atoms with E-state index in [2.05, 4.69) is 56.9 Å². The first kappa shape index (κ1) is 22.8. The van der Waals surface area contributed by atoms with Gasteiger partial charge in [0.2, 0.25) is 5.91 Å². The third-order valence-corrected chi connectivity index (χ3v) is 7.52. The Morgan fingerprint density at radius 1 is 1.03 bits per heavy atom. The van der Waals surface area contributed by atoms with Crippen molar-refractivity contribution in [3.63, 3.8) is 0 Å². The van der Waals surface area contributed by atoms with Gasteiger partial charge in [0.05, 0.1) is 10.2 Å². The number of fused-ring (bicyclic) bond motifs is 1. The van der Waals surface area contributed by atoms with Gasteiger partial charge in [-0.05, 0) is 56.3 Å². The van der Waals surface area contributed by atoms with Crippen molar-refractivity contribution >= 4 is 44.4 Å². The Morgan fingerprint density at radius 3 is 2.47 bits per heavy atom. The molecule has 0 aliphatic carbocycles. The molecule has 0 bridgehead atoms. The van der Waals surface area contributed by atoms with Crippen LogP contribution in [0.25, 0.3) is 10.2 Å². The zero-order valence-corrected chi connectivity index (χ0v) is 20.0. The Bertz CT molecular complexity index is 967. The summed E-state index contributed by atoms with van der Waals surface area (Å²) in [6, 6.07) is 14.5. The zero-order chi connectivity index (χ0) is 21.5. The maximum Gasteiger partial charge on any atom is 0.229 e. The summed E-state index contributed by atoms with van der Waals surface area (Å²) in [6.45, 7) is 12.1. The number of aromatic nitrogens is 1. The molecule has 1 heterocycles. The quantitative estimate of drug-likeness (QED) is 0.374. The molecule has 0 aliphatic heterocycles. The fourth-order valence-electron chi connectivity index (χ4n) is 3.35. The summed E-state index contributed by atoms with van der Waals surface area (Å²) < 4.78 is 1.15. The van der Waals surface area contributed by atoms with Crippen molar-refractivity contribution in [1.29, 1.82) is 0 Å². The van der Waals surface area contributed by atoms with Crippen molar-refractivity contribution in [3.8, 4) is 0 Å². The molecule has 0 aliphatic rings. The SMILES string of the molecule is CCN(CC)CCN(C(=O)CCSc1ccccc1)c1nc2c(C)c(C)ccc2s1. The first-order chi connectivity index (χ1) is 14.5. The van der Waals surface area contributed by atoms with E-state index in [1.807, 2.05) is 23.1 Å². The van der Waals surface area contributed by atoms with Gasteiger partial charge in [-0.15, -0.1) is 11.8 Å². The van der Waals surface area contributed by atoms with E-state index in [1.54, 1.807) is 23.1 Å². The van der Waals surface area contributed by atoms with Gasteiger partial charge in [-0.3, -0.25) is 9.69 Å². The molecule has 0 saturated carbocycles. The van der Waals surface area contributed by atoms with Crippen molar-refractivity contribution in [2.75, 3.05) is 36.8 Å². The van der Waals surface area contributed by atoms with Crippen LogP contribution in [0.5, 0.6) is 0 Å². The monoisotopic (exact) mass is 441 g/mol. The van der Waals surface area contributed by atoms with E-state index >= 15 is 0 Å². The summed E-state index contributed by atoms with van der Waals surface area (Å²) in [5.41, 5.74) is 3.46. The molecule has 6 heteroatoms. The third kappa shape index (κ3) is 5.62. The Hall–Kier alpha value is -1.89. The smallest absolute Gasteiger partial charge is 0.229 e. The number of thiazole rings is 1. The van der Waals surface area contributed by atoms with Gasteiger partial charge in [-0.25, -0.2) is 4.98 Å². The van der Waals surface area contributed by atoms with Crippen LogP contribution in [-0.4, -0.2) is 47.7 Å². The number of hydrogen-bond donors (Lipinski definition) is 0. The Labute approximate surface area is 188 Å². The molecule has 0 spiro atoms. The van der Waals surface area contributed by atoms with Crippen molar-refractivity contribution in [1.82, 2.24) is 9.88 Å². The molecule has 3 aromatic rings. The number of benzene rings is 2. The second-order valence-electron chi connectivity index (χ2n) is 7.33. The van der Waals surface area contributed by atoms with Crippen molar-refractivity contribution < 1.29 is 4.79 Å². The summed E-state index contributed by atoms with van der Waals surface area (Å²) >= 11 is 3.35. The molecule has 4 nitrogen and oxygen atoms in total. The number of carbonyl (C=O) groups is 1. The third-order valence-electron chi connectivity index (χ3n) is 5.47. The molecular weight excluding hydrogens is 410 g/mol. The minimum atomic E-state index is 0.152. The van der Waals surface area contributed by atoms with E-state index in [4.69, 9.17) is 4.98 Å². The standard InChI is InChI=1S/C24H31N3OS2/c1-5-26(6-2)15-16-27(22(28)14-17-29-20-10-8-7-9-11-20)24-25-23-19(4)18(3)12-13-21(23)30-24/h7-13H,5-6,14-17H2,1-4H3. The lowest BCUT2D eigenvalue weighted by Gasteiger charge is -2.24. The molecule has 0 unspecified atom stereocenters. The number of hydrogen-bond acceptors (Lipinski definition) is 5. The Morgan fingerprint density at radius 2 is 1.77 bits per heavy atom. The van der Waals surface area contributed by atoms with Crippen LogP contribution in [0.15, 0.2) is 47.4 Å². The predicted octanol–water partition coefficient (Wildman–Crippen LogP) is 5.77. The summed E-state index contributed by atoms with van der Waals surface area (Å²) in [7, 11) is 0. The molecule has 0 N–H and O–H groups in total. The first-order valence-corrected chi connectivity index (χ1v) is 12.4. The number of amides is 1. The van der Waals surface area contributed by atoms with Crippen LogP contribution < -0.4 is 4.90 Å². The number of thioether (sulfide) groups is 1. The average molecular weight is 442 g/mol. The van der Waals surface area contributed by atoms with E-state index in [1.165, 1.54) is 16.0 Å². The second-order valence-corrected chi connectivity index (χ2v) is 9.51. The molecule has 160 valence electrons. The van der Waals surface area contributed by atoms with Crippen molar-refractivity contribution in [2.24, 2.45) is 0 Å². The topological polar surface area (TPSA) is 36.4 Å². The van der Waals surface area contributed by atoms with Crippen LogP contribution in [0.2, 0.25) is 0 Å². The van der Waals surface area contributed by atoms with E-state index in [0.29, 0.717) is 13.0 Å². The average Bonchev–Trinajstić information content (AvgIpc) is 3.19. The number of aryl methyl sites for hydroxylation is 2. The molecule has 0 saturated heterocycles.